The van der Waals surface area contributed by atoms with Gasteiger partial charge in [-0.2, -0.15) is 0 Å². The lowest BCUT2D eigenvalue weighted by Gasteiger charge is -2.27. The van der Waals surface area contributed by atoms with E-state index in [9.17, 15) is 9.90 Å². The van der Waals surface area contributed by atoms with Gasteiger partial charge in [0.05, 0.1) is 18.6 Å². The van der Waals surface area contributed by atoms with Crippen LogP contribution < -0.4 is 4.74 Å². The van der Waals surface area contributed by atoms with Crippen molar-refractivity contribution < 1.29 is 19.7 Å². The Labute approximate surface area is 111 Å². The van der Waals surface area contributed by atoms with Gasteiger partial charge in [-0.15, -0.1) is 0 Å². The van der Waals surface area contributed by atoms with Gasteiger partial charge in [-0.05, 0) is 18.6 Å². The maximum Gasteiger partial charge on any atom is 0.304 e. The molecule has 0 saturated carbocycles. The molecule has 0 radical (unpaired) electrons. The Morgan fingerprint density at radius 1 is 1.50 bits per heavy atom. The third kappa shape index (κ3) is 2.70. The summed E-state index contributed by atoms with van der Waals surface area (Å²) >= 11 is 5.96. The summed E-state index contributed by atoms with van der Waals surface area (Å²) in [6.45, 7) is 5.30. The van der Waals surface area contributed by atoms with Crippen molar-refractivity contribution in [3.63, 3.8) is 0 Å². The zero-order valence-corrected chi connectivity index (χ0v) is 11.6. The van der Waals surface area contributed by atoms with Gasteiger partial charge in [0, 0.05) is 11.0 Å². The zero-order chi connectivity index (χ0) is 14.1. The summed E-state index contributed by atoms with van der Waals surface area (Å²) in [5.41, 5.74) is 0.577. The second kappa shape index (κ2) is 5.06. The van der Waals surface area contributed by atoms with Gasteiger partial charge in [0.25, 0.3) is 0 Å². The van der Waals surface area contributed by atoms with Crippen molar-refractivity contribution in [1.82, 2.24) is 0 Å². The minimum atomic E-state index is -0.923. The smallest absolute Gasteiger partial charge is 0.304 e. The Morgan fingerprint density at radius 2 is 2.06 bits per heavy atom. The number of rotatable bonds is 4. The molecule has 0 bridgehead atoms. The minimum absolute atomic E-state index is 0.0891. The van der Waals surface area contributed by atoms with E-state index in [4.69, 9.17) is 21.4 Å². The van der Waals surface area contributed by atoms with Crippen LogP contribution in [0.5, 0.6) is 11.5 Å². The van der Waals surface area contributed by atoms with E-state index in [0.29, 0.717) is 10.6 Å². The fourth-order valence-electron chi connectivity index (χ4n) is 2.26. The third-order valence-electron chi connectivity index (χ3n) is 2.88. The first kappa shape index (κ1) is 14.6. The highest BCUT2D eigenvalue weighted by Gasteiger charge is 2.31. The lowest BCUT2D eigenvalue weighted by atomic mass is 9.78. The fourth-order valence-corrected chi connectivity index (χ4v) is 2.59. The average Bonchev–Trinajstić information content (AvgIpc) is 2.13. The van der Waals surface area contributed by atoms with Crippen LogP contribution in [0, 0.1) is 6.92 Å². The second-order valence-electron chi connectivity index (χ2n) is 4.89. The zero-order valence-electron chi connectivity index (χ0n) is 10.9. The summed E-state index contributed by atoms with van der Waals surface area (Å²) in [6, 6.07) is 1.67. The Bertz CT molecular complexity index is 480. The molecule has 0 atom stereocenters. The van der Waals surface area contributed by atoms with Crippen LogP contribution in [0.2, 0.25) is 5.02 Å². The highest BCUT2D eigenvalue weighted by atomic mass is 35.5. The molecule has 18 heavy (non-hydrogen) atoms. The molecule has 0 aliphatic carbocycles. The number of methoxy groups -OCH3 is 1. The topological polar surface area (TPSA) is 66.8 Å². The normalized spacial score (nSPS) is 11.4. The summed E-state index contributed by atoms with van der Waals surface area (Å²) in [4.78, 5) is 10.9. The molecule has 0 aliphatic heterocycles. The number of carbonyl (C=O) groups is 1. The molecule has 2 N–H and O–H groups in total. The summed E-state index contributed by atoms with van der Waals surface area (Å²) in [7, 11) is 1.41. The third-order valence-corrected chi connectivity index (χ3v) is 3.16. The number of carboxylic acids is 1. The van der Waals surface area contributed by atoms with Gasteiger partial charge in [0.15, 0.2) is 11.5 Å². The van der Waals surface area contributed by atoms with Crippen molar-refractivity contribution in [2.45, 2.75) is 32.6 Å². The van der Waals surface area contributed by atoms with Gasteiger partial charge < -0.3 is 14.9 Å². The largest absolute Gasteiger partial charge is 0.504 e. The molecule has 0 aromatic heterocycles. The maximum atomic E-state index is 10.9. The Kier molecular flexibility index (Phi) is 4.12. The van der Waals surface area contributed by atoms with Crippen LogP contribution in [0.1, 0.15) is 31.4 Å². The molecule has 4 nitrogen and oxygen atoms in total. The molecular weight excluding hydrogens is 256 g/mol. The monoisotopic (exact) mass is 272 g/mol. The molecule has 0 heterocycles. The first-order valence-corrected chi connectivity index (χ1v) is 5.87. The number of phenols is 1. The number of benzene rings is 1. The molecule has 5 heteroatoms. The van der Waals surface area contributed by atoms with Crippen molar-refractivity contribution in [3.05, 3.63) is 22.2 Å². The van der Waals surface area contributed by atoms with Crippen LogP contribution in [-0.4, -0.2) is 23.3 Å². The predicted molar refractivity (Wildman–Crippen MR) is 69.7 cm³/mol. The number of ether oxygens (including phenoxy) is 1. The molecule has 0 amide bonds. The highest BCUT2D eigenvalue weighted by molar-refractivity contribution is 6.32. The molecule has 0 fully saturated rings. The van der Waals surface area contributed by atoms with Crippen LogP contribution in [0.4, 0.5) is 0 Å². The van der Waals surface area contributed by atoms with E-state index < -0.39 is 11.4 Å². The summed E-state index contributed by atoms with van der Waals surface area (Å²) in [5.74, 6) is -0.836. The SMILES string of the molecule is COc1c(Cl)cc(C)c(C(C)(C)CC(=O)O)c1O. The minimum Gasteiger partial charge on any atom is -0.504 e. The van der Waals surface area contributed by atoms with Gasteiger partial charge in [-0.3, -0.25) is 4.79 Å². The van der Waals surface area contributed by atoms with Gasteiger partial charge in [-0.1, -0.05) is 25.4 Å². The standard InChI is InChI=1S/C13H17ClO4/c1-7-5-8(14)12(18-4)11(17)10(7)13(2,3)6-9(15)16/h5,17H,6H2,1-4H3,(H,15,16). The quantitative estimate of drug-likeness (QED) is 0.884. The van der Waals surface area contributed by atoms with Crippen molar-refractivity contribution in [2.75, 3.05) is 7.11 Å². The second-order valence-corrected chi connectivity index (χ2v) is 5.29. The van der Waals surface area contributed by atoms with Crippen molar-refractivity contribution in [2.24, 2.45) is 0 Å². The fraction of sp³-hybridized carbons (Fsp3) is 0.462. The average molecular weight is 273 g/mol. The molecule has 0 spiro atoms. The Balaban J connectivity index is 3.45. The molecule has 1 aromatic rings. The van der Waals surface area contributed by atoms with E-state index in [1.165, 1.54) is 7.11 Å². The Morgan fingerprint density at radius 3 is 2.50 bits per heavy atom. The number of hydrogen-bond acceptors (Lipinski definition) is 3. The summed E-state index contributed by atoms with van der Waals surface area (Å²) < 4.78 is 5.04. The number of hydrogen-bond donors (Lipinski definition) is 2. The van der Waals surface area contributed by atoms with Crippen LogP contribution in [-0.2, 0) is 10.2 Å². The van der Waals surface area contributed by atoms with Crippen LogP contribution in [0.15, 0.2) is 6.07 Å². The van der Waals surface area contributed by atoms with Crippen LogP contribution in [0.3, 0.4) is 0 Å². The van der Waals surface area contributed by atoms with Gasteiger partial charge in [0.1, 0.15) is 0 Å². The number of carboxylic acid groups (broad SMARTS) is 1. The predicted octanol–water partition coefficient (Wildman–Crippen LogP) is 3.11. The Hall–Kier alpha value is -1.42. The lowest BCUT2D eigenvalue weighted by Crippen LogP contribution is -2.23. The van der Waals surface area contributed by atoms with E-state index in [0.717, 1.165) is 5.56 Å². The molecular formula is C13H17ClO4. The summed E-state index contributed by atoms with van der Waals surface area (Å²) in [5, 5.41) is 19.4. The highest BCUT2D eigenvalue weighted by Crippen LogP contribution is 2.45. The van der Waals surface area contributed by atoms with Gasteiger partial charge in [-0.25, -0.2) is 0 Å². The van der Waals surface area contributed by atoms with Crippen LogP contribution >= 0.6 is 11.6 Å². The number of aryl methyl sites for hydroxylation is 1. The first-order chi connectivity index (χ1) is 8.20. The molecule has 0 saturated heterocycles. The number of aromatic hydroxyl groups is 1. The van der Waals surface area contributed by atoms with Crippen molar-refractivity contribution >= 4 is 17.6 Å². The van der Waals surface area contributed by atoms with Crippen LogP contribution in [0.25, 0.3) is 0 Å². The number of phenolic OH excluding ortho intramolecular Hbond substituents is 1. The van der Waals surface area contributed by atoms with Gasteiger partial charge >= 0.3 is 5.97 Å². The van der Waals surface area contributed by atoms with E-state index in [1.54, 1.807) is 26.8 Å². The molecule has 100 valence electrons. The van der Waals surface area contributed by atoms with E-state index >= 15 is 0 Å². The number of aliphatic carboxylic acids is 1. The molecule has 0 unspecified atom stereocenters. The summed E-state index contributed by atoms with van der Waals surface area (Å²) in [6.07, 6.45) is -0.0911. The molecule has 1 aromatic carbocycles. The van der Waals surface area contributed by atoms with Crippen molar-refractivity contribution in [3.8, 4) is 11.5 Å². The lowest BCUT2D eigenvalue weighted by molar-refractivity contribution is -0.138. The van der Waals surface area contributed by atoms with E-state index in [1.807, 2.05) is 0 Å². The van der Waals surface area contributed by atoms with Crippen molar-refractivity contribution in [1.29, 1.82) is 0 Å². The first-order valence-electron chi connectivity index (χ1n) is 5.49. The maximum absolute atomic E-state index is 10.9. The molecule has 0 aliphatic rings. The number of halogens is 1. The van der Waals surface area contributed by atoms with E-state index in [2.05, 4.69) is 0 Å². The molecule has 1 rings (SSSR count). The van der Waals surface area contributed by atoms with E-state index in [-0.39, 0.29) is 17.9 Å². The van der Waals surface area contributed by atoms with Gasteiger partial charge in [0.2, 0.25) is 0 Å².